The van der Waals surface area contributed by atoms with Crippen molar-refractivity contribution in [2.45, 2.75) is 5.41 Å². The fraction of sp³-hybridized carbons (Fsp3) is 0.0233. The third-order valence-electron chi connectivity index (χ3n) is 10.0. The van der Waals surface area contributed by atoms with Gasteiger partial charge in [0.25, 0.3) is 0 Å². The lowest BCUT2D eigenvalue weighted by Gasteiger charge is -2.30. The summed E-state index contributed by atoms with van der Waals surface area (Å²) in [4.78, 5) is 0. The van der Waals surface area contributed by atoms with E-state index < -0.39 is 0 Å². The molecule has 0 unspecified atom stereocenters. The van der Waals surface area contributed by atoms with Gasteiger partial charge in [-0.25, -0.2) is 0 Å². The van der Waals surface area contributed by atoms with E-state index in [1.54, 1.807) is 0 Å². The van der Waals surface area contributed by atoms with Crippen molar-refractivity contribution in [3.8, 4) is 22.3 Å². The third kappa shape index (κ3) is 2.94. The van der Waals surface area contributed by atoms with Gasteiger partial charge >= 0.3 is 0 Å². The summed E-state index contributed by atoms with van der Waals surface area (Å²) in [6, 6.07) is 58.2. The SMILES string of the molecule is c1ccc2c(c1)-c1ccccc1C21c2ccccc2-c2ccc(Nc3cccc4c5ccccc5c5ccccc5c34)cc21. The van der Waals surface area contributed by atoms with E-state index in [0.29, 0.717) is 0 Å². The molecule has 10 rings (SSSR count). The Balaban J connectivity index is 1.23. The summed E-state index contributed by atoms with van der Waals surface area (Å²) < 4.78 is 0. The van der Waals surface area contributed by atoms with Crippen molar-refractivity contribution in [3.05, 3.63) is 180 Å². The van der Waals surface area contributed by atoms with Gasteiger partial charge in [0.1, 0.15) is 0 Å². The Kier molecular flexibility index (Phi) is 4.71. The van der Waals surface area contributed by atoms with Crippen molar-refractivity contribution in [2.75, 3.05) is 5.32 Å². The second kappa shape index (κ2) is 8.69. The molecule has 8 aromatic rings. The number of rotatable bonds is 2. The first-order valence-electron chi connectivity index (χ1n) is 15.4. The number of fused-ring (bicyclic) bond motifs is 16. The van der Waals surface area contributed by atoms with E-state index in [-0.39, 0.29) is 5.41 Å². The average molecular weight is 558 g/mol. The zero-order chi connectivity index (χ0) is 28.8. The van der Waals surface area contributed by atoms with Gasteiger partial charge in [-0.1, -0.05) is 140 Å². The minimum atomic E-state index is -0.349. The predicted molar refractivity (Wildman–Crippen MR) is 185 cm³/mol. The molecule has 0 fully saturated rings. The lowest BCUT2D eigenvalue weighted by Crippen LogP contribution is -2.25. The highest BCUT2D eigenvalue weighted by Gasteiger charge is 2.51. The van der Waals surface area contributed by atoms with E-state index in [1.807, 2.05) is 0 Å². The largest absolute Gasteiger partial charge is 0.355 e. The molecule has 1 heteroatoms. The molecular weight excluding hydrogens is 530 g/mol. The van der Waals surface area contributed by atoms with E-state index in [2.05, 4.69) is 163 Å². The minimum Gasteiger partial charge on any atom is -0.355 e. The zero-order valence-corrected chi connectivity index (χ0v) is 24.0. The number of hydrogen-bond donors (Lipinski definition) is 1. The van der Waals surface area contributed by atoms with Crippen LogP contribution in [0.1, 0.15) is 22.3 Å². The van der Waals surface area contributed by atoms with Gasteiger partial charge in [0, 0.05) is 16.8 Å². The van der Waals surface area contributed by atoms with Crippen molar-refractivity contribution >= 4 is 43.7 Å². The Hall–Kier alpha value is -5.66. The summed E-state index contributed by atoms with van der Waals surface area (Å²) in [6.07, 6.45) is 0. The molecule has 204 valence electrons. The molecule has 2 aliphatic carbocycles. The van der Waals surface area contributed by atoms with Crippen molar-refractivity contribution < 1.29 is 0 Å². The molecule has 0 heterocycles. The minimum absolute atomic E-state index is 0.349. The number of hydrogen-bond acceptors (Lipinski definition) is 1. The summed E-state index contributed by atoms with van der Waals surface area (Å²) in [5.74, 6) is 0. The number of anilines is 2. The molecule has 2 aliphatic rings. The van der Waals surface area contributed by atoms with Gasteiger partial charge in [0.05, 0.1) is 5.41 Å². The average Bonchev–Trinajstić information content (AvgIpc) is 3.56. The Labute approximate surface area is 256 Å². The maximum atomic E-state index is 3.91. The lowest BCUT2D eigenvalue weighted by molar-refractivity contribution is 0.794. The molecule has 1 spiro atoms. The molecule has 0 amide bonds. The van der Waals surface area contributed by atoms with E-state index in [0.717, 1.165) is 11.4 Å². The quantitative estimate of drug-likeness (QED) is 0.208. The summed E-state index contributed by atoms with van der Waals surface area (Å²) in [5.41, 5.74) is 12.6. The van der Waals surface area contributed by atoms with Crippen LogP contribution in [0.3, 0.4) is 0 Å². The van der Waals surface area contributed by atoms with Crippen LogP contribution in [0.2, 0.25) is 0 Å². The predicted octanol–water partition coefficient (Wildman–Crippen LogP) is 11.2. The Morgan fingerprint density at radius 3 is 1.34 bits per heavy atom. The topological polar surface area (TPSA) is 12.0 Å². The van der Waals surface area contributed by atoms with Crippen LogP contribution in [-0.4, -0.2) is 0 Å². The normalized spacial score (nSPS) is 13.6. The van der Waals surface area contributed by atoms with Gasteiger partial charge in [-0.05, 0) is 89.6 Å². The second-order valence-electron chi connectivity index (χ2n) is 12.1. The van der Waals surface area contributed by atoms with Crippen LogP contribution in [0.25, 0.3) is 54.6 Å². The van der Waals surface area contributed by atoms with Crippen LogP contribution in [-0.2, 0) is 5.41 Å². The Morgan fingerprint density at radius 1 is 0.341 bits per heavy atom. The highest BCUT2D eigenvalue weighted by atomic mass is 14.9. The van der Waals surface area contributed by atoms with Gasteiger partial charge in [-0.3, -0.25) is 0 Å². The molecule has 0 atom stereocenters. The van der Waals surface area contributed by atoms with E-state index in [4.69, 9.17) is 0 Å². The first-order valence-corrected chi connectivity index (χ1v) is 15.4. The molecule has 0 radical (unpaired) electrons. The highest BCUT2D eigenvalue weighted by molar-refractivity contribution is 6.28. The summed E-state index contributed by atoms with van der Waals surface area (Å²) >= 11 is 0. The zero-order valence-electron chi connectivity index (χ0n) is 24.0. The van der Waals surface area contributed by atoms with Gasteiger partial charge in [-0.2, -0.15) is 0 Å². The molecule has 0 aliphatic heterocycles. The molecule has 0 saturated carbocycles. The molecule has 0 bridgehead atoms. The summed E-state index contributed by atoms with van der Waals surface area (Å²) in [5, 5.41) is 11.6. The van der Waals surface area contributed by atoms with E-state index >= 15 is 0 Å². The van der Waals surface area contributed by atoms with Crippen LogP contribution in [0.5, 0.6) is 0 Å². The van der Waals surface area contributed by atoms with Crippen LogP contribution in [0, 0.1) is 0 Å². The highest BCUT2D eigenvalue weighted by Crippen LogP contribution is 2.63. The maximum Gasteiger partial charge on any atom is 0.0726 e. The first-order chi connectivity index (χ1) is 21.8. The Morgan fingerprint density at radius 2 is 0.773 bits per heavy atom. The molecular formula is C43H27N. The molecule has 1 N–H and O–H groups in total. The molecule has 0 aromatic heterocycles. The van der Waals surface area contributed by atoms with Gasteiger partial charge in [-0.15, -0.1) is 0 Å². The van der Waals surface area contributed by atoms with Gasteiger partial charge < -0.3 is 5.32 Å². The molecule has 0 saturated heterocycles. The van der Waals surface area contributed by atoms with Gasteiger partial charge in [0.15, 0.2) is 0 Å². The third-order valence-corrected chi connectivity index (χ3v) is 10.0. The number of benzene rings is 8. The van der Waals surface area contributed by atoms with Gasteiger partial charge in [0.2, 0.25) is 0 Å². The monoisotopic (exact) mass is 557 g/mol. The smallest absolute Gasteiger partial charge is 0.0726 e. The van der Waals surface area contributed by atoms with Crippen LogP contribution < -0.4 is 5.32 Å². The van der Waals surface area contributed by atoms with Crippen molar-refractivity contribution in [1.29, 1.82) is 0 Å². The van der Waals surface area contributed by atoms with Crippen LogP contribution in [0.4, 0.5) is 11.4 Å². The van der Waals surface area contributed by atoms with Crippen molar-refractivity contribution in [2.24, 2.45) is 0 Å². The summed E-state index contributed by atoms with van der Waals surface area (Å²) in [7, 11) is 0. The maximum absolute atomic E-state index is 3.91. The van der Waals surface area contributed by atoms with Crippen LogP contribution in [0.15, 0.2) is 158 Å². The standard InChI is InChI=1S/C43H27N/c1-2-13-30-28(12-1)29-14-3-4-18-35(29)42-36(30)19-11-23-41(42)44-27-24-25-34-33-17-7-10-22-39(33)43(40(34)26-27)37-20-8-5-15-31(37)32-16-6-9-21-38(32)43/h1-26,44H. The number of nitrogens with one attached hydrogen (secondary N) is 1. The fourth-order valence-electron chi connectivity index (χ4n) is 8.39. The van der Waals surface area contributed by atoms with E-state index in [9.17, 15) is 0 Å². The Bertz CT molecular complexity index is 2380. The van der Waals surface area contributed by atoms with E-state index in [1.165, 1.54) is 76.8 Å². The molecule has 8 aromatic carbocycles. The van der Waals surface area contributed by atoms with Crippen molar-refractivity contribution in [3.63, 3.8) is 0 Å². The van der Waals surface area contributed by atoms with Crippen molar-refractivity contribution in [1.82, 2.24) is 0 Å². The fourth-order valence-corrected chi connectivity index (χ4v) is 8.39. The summed E-state index contributed by atoms with van der Waals surface area (Å²) in [6.45, 7) is 0. The molecule has 1 nitrogen and oxygen atoms in total. The molecule has 44 heavy (non-hydrogen) atoms. The van der Waals surface area contributed by atoms with Crippen LogP contribution >= 0.6 is 0 Å². The second-order valence-corrected chi connectivity index (χ2v) is 12.1. The first kappa shape index (κ1) is 23.9. The lowest BCUT2D eigenvalue weighted by atomic mass is 9.70.